The molecule has 1 fully saturated rings. The van der Waals surface area contributed by atoms with Gasteiger partial charge in [0.1, 0.15) is 0 Å². The largest absolute Gasteiger partial charge is 0.335 e. The fraction of sp³-hybridized carbons (Fsp3) is 0.263. The molecule has 1 aliphatic carbocycles. The molecule has 136 valence electrons. The van der Waals surface area contributed by atoms with Crippen molar-refractivity contribution in [2.75, 3.05) is 16.4 Å². The van der Waals surface area contributed by atoms with Crippen LogP contribution in [0.4, 0.5) is 16.2 Å². The number of nitrogens with one attached hydrogen (secondary N) is 3. The summed E-state index contributed by atoms with van der Waals surface area (Å²) >= 11 is 0. The molecule has 0 radical (unpaired) electrons. The molecule has 0 heterocycles. The molecular weight excluding hydrogens is 350 g/mol. The Bertz CT molecular complexity index is 832. The van der Waals surface area contributed by atoms with Gasteiger partial charge < -0.3 is 16.0 Å². The van der Waals surface area contributed by atoms with E-state index in [1.165, 1.54) is 0 Å². The highest BCUT2D eigenvalue weighted by atomic mass is 32.2. The van der Waals surface area contributed by atoms with E-state index >= 15 is 0 Å². The first kappa shape index (κ1) is 18.1. The van der Waals surface area contributed by atoms with Crippen molar-refractivity contribution in [3.8, 4) is 0 Å². The van der Waals surface area contributed by atoms with E-state index in [0.29, 0.717) is 33.6 Å². The van der Waals surface area contributed by atoms with Crippen molar-refractivity contribution in [2.24, 2.45) is 0 Å². The standard InChI is InChI=1S/C19H21N3O3S/c1-2-26(25)17-6-4-3-5-16(17)18(23)20-13-7-9-14(10-8-13)21-19(24)22-15-11-12-15/h3-10,15H,2,11-12H2,1H3,(H,20,23)(H2,21,22,24)/t26-/m1/s1. The number of carbonyl (C=O) groups excluding carboxylic acids is 2. The summed E-state index contributed by atoms with van der Waals surface area (Å²) in [6, 6.07) is 13.8. The van der Waals surface area contributed by atoms with Crippen molar-refractivity contribution in [2.45, 2.75) is 30.7 Å². The van der Waals surface area contributed by atoms with Gasteiger partial charge in [0.05, 0.1) is 21.3 Å². The lowest BCUT2D eigenvalue weighted by Crippen LogP contribution is -2.30. The molecule has 2 aromatic carbocycles. The Labute approximate surface area is 154 Å². The molecule has 6 nitrogen and oxygen atoms in total. The van der Waals surface area contributed by atoms with Crippen LogP contribution in [0.25, 0.3) is 0 Å². The van der Waals surface area contributed by atoms with Crippen LogP contribution in [0.15, 0.2) is 53.4 Å². The van der Waals surface area contributed by atoms with E-state index in [4.69, 9.17) is 0 Å². The monoisotopic (exact) mass is 371 g/mol. The average molecular weight is 371 g/mol. The van der Waals surface area contributed by atoms with Gasteiger partial charge in [0, 0.05) is 23.2 Å². The van der Waals surface area contributed by atoms with E-state index in [1.54, 1.807) is 48.5 Å². The van der Waals surface area contributed by atoms with Crippen LogP contribution in [0.2, 0.25) is 0 Å². The Kier molecular flexibility index (Phi) is 5.68. The second-order valence-electron chi connectivity index (χ2n) is 6.03. The second-order valence-corrected chi connectivity index (χ2v) is 7.74. The molecule has 0 bridgehead atoms. The molecule has 0 saturated heterocycles. The van der Waals surface area contributed by atoms with Crippen LogP contribution in [0.1, 0.15) is 30.1 Å². The molecule has 3 amide bonds. The van der Waals surface area contributed by atoms with Gasteiger partial charge in [0.15, 0.2) is 0 Å². The van der Waals surface area contributed by atoms with Crippen molar-refractivity contribution in [1.29, 1.82) is 0 Å². The minimum absolute atomic E-state index is 0.222. The minimum Gasteiger partial charge on any atom is -0.335 e. The molecule has 2 aromatic rings. The lowest BCUT2D eigenvalue weighted by Gasteiger charge is -2.10. The number of hydrogen-bond donors (Lipinski definition) is 3. The van der Waals surface area contributed by atoms with Crippen LogP contribution in [0.3, 0.4) is 0 Å². The molecule has 7 heteroatoms. The van der Waals surface area contributed by atoms with Crippen LogP contribution >= 0.6 is 0 Å². The maximum absolute atomic E-state index is 12.5. The van der Waals surface area contributed by atoms with Gasteiger partial charge in [-0.05, 0) is 49.2 Å². The third-order valence-corrected chi connectivity index (χ3v) is 5.32. The van der Waals surface area contributed by atoms with Crippen molar-refractivity contribution in [3.05, 3.63) is 54.1 Å². The highest BCUT2D eigenvalue weighted by molar-refractivity contribution is 7.85. The van der Waals surface area contributed by atoms with Crippen molar-refractivity contribution >= 4 is 34.1 Å². The summed E-state index contributed by atoms with van der Waals surface area (Å²) in [4.78, 5) is 24.8. The molecule has 3 rings (SSSR count). The summed E-state index contributed by atoms with van der Waals surface area (Å²) in [7, 11) is -1.21. The number of amides is 3. The Hall–Kier alpha value is -2.67. The summed E-state index contributed by atoms with van der Waals surface area (Å²) in [5.74, 6) is 0.141. The smallest absolute Gasteiger partial charge is 0.319 e. The molecule has 1 saturated carbocycles. The van der Waals surface area contributed by atoms with Gasteiger partial charge >= 0.3 is 6.03 Å². The molecule has 26 heavy (non-hydrogen) atoms. The molecular formula is C19H21N3O3S. The van der Waals surface area contributed by atoms with Crippen molar-refractivity contribution < 1.29 is 13.8 Å². The molecule has 0 aliphatic heterocycles. The number of anilines is 2. The normalized spacial score (nSPS) is 14.3. The number of urea groups is 1. The van der Waals surface area contributed by atoms with E-state index in [0.717, 1.165) is 12.8 Å². The lowest BCUT2D eigenvalue weighted by atomic mass is 10.2. The zero-order valence-electron chi connectivity index (χ0n) is 14.5. The first-order valence-corrected chi connectivity index (χ1v) is 9.85. The van der Waals surface area contributed by atoms with E-state index in [2.05, 4.69) is 16.0 Å². The first-order chi connectivity index (χ1) is 12.6. The number of hydrogen-bond acceptors (Lipinski definition) is 3. The maximum Gasteiger partial charge on any atom is 0.319 e. The van der Waals surface area contributed by atoms with E-state index in [-0.39, 0.29) is 11.9 Å². The van der Waals surface area contributed by atoms with Gasteiger partial charge in [-0.2, -0.15) is 0 Å². The highest BCUT2D eigenvalue weighted by Crippen LogP contribution is 2.20. The second kappa shape index (κ2) is 8.14. The van der Waals surface area contributed by atoms with Crippen molar-refractivity contribution in [1.82, 2.24) is 5.32 Å². The molecule has 0 aromatic heterocycles. The molecule has 0 spiro atoms. The Balaban J connectivity index is 1.64. The van der Waals surface area contributed by atoms with E-state index < -0.39 is 10.8 Å². The van der Waals surface area contributed by atoms with Crippen LogP contribution < -0.4 is 16.0 Å². The average Bonchev–Trinajstić information content (AvgIpc) is 3.46. The third kappa shape index (κ3) is 4.70. The molecule has 1 atom stereocenters. The Morgan fingerprint density at radius 3 is 2.23 bits per heavy atom. The topological polar surface area (TPSA) is 87.3 Å². The number of rotatable bonds is 6. The highest BCUT2D eigenvalue weighted by Gasteiger charge is 2.23. The quantitative estimate of drug-likeness (QED) is 0.728. The van der Waals surface area contributed by atoms with E-state index in [9.17, 15) is 13.8 Å². The van der Waals surface area contributed by atoms with Gasteiger partial charge in [0.2, 0.25) is 0 Å². The molecule has 0 unspecified atom stereocenters. The predicted molar refractivity (Wildman–Crippen MR) is 103 cm³/mol. The SMILES string of the molecule is CC[S@@](=O)c1ccccc1C(=O)Nc1ccc(NC(=O)NC2CC2)cc1. The Morgan fingerprint density at radius 1 is 1.00 bits per heavy atom. The third-order valence-electron chi connectivity index (χ3n) is 3.95. The zero-order valence-corrected chi connectivity index (χ0v) is 15.3. The van der Waals surface area contributed by atoms with Crippen LogP contribution in [0, 0.1) is 0 Å². The number of carbonyl (C=O) groups is 2. The maximum atomic E-state index is 12.5. The van der Waals surface area contributed by atoms with Crippen LogP contribution in [-0.2, 0) is 10.8 Å². The minimum atomic E-state index is -1.21. The van der Waals surface area contributed by atoms with Crippen molar-refractivity contribution in [3.63, 3.8) is 0 Å². The fourth-order valence-corrected chi connectivity index (χ4v) is 3.37. The van der Waals surface area contributed by atoms with Gasteiger partial charge in [-0.1, -0.05) is 19.1 Å². The number of benzene rings is 2. The lowest BCUT2D eigenvalue weighted by molar-refractivity contribution is 0.102. The zero-order chi connectivity index (χ0) is 18.5. The van der Waals surface area contributed by atoms with Gasteiger partial charge in [-0.25, -0.2) is 4.79 Å². The van der Waals surface area contributed by atoms with Gasteiger partial charge in [-0.3, -0.25) is 9.00 Å². The molecule has 3 N–H and O–H groups in total. The van der Waals surface area contributed by atoms with Crippen LogP contribution in [-0.4, -0.2) is 27.9 Å². The fourth-order valence-electron chi connectivity index (χ4n) is 2.42. The van der Waals surface area contributed by atoms with E-state index in [1.807, 2.05) is 6.92 Å². The predicted octanol–water partition coefficient (Wildman–Crippen LogP) is 3.35. The summed E-state index contributed by atoms with van der Waals surface area (Å²) in [5.41, 5.74) is 1.65. The van der Waals surface area contributed by atoms with Gasteiger partial charge in [-0.15, -0.1) is 0 Å². The summed E-state index contributed by atoms with van der Waals surface area (Å²) in [6.07, 6.45) is 2.06. The van der Waals surface area contributed by atoms with Gasteiger partial charge in [0.25, 0.3) is 5.91 Å². The van der Waals surface area contributed by atoms with Crippen LogP contribution in [0.5, 0.6) is 0 Å². The Morgan fingerprint density at radius 2 is 1.62 bits per heavy atom. The summed E-state index contributed by atoms with van der Waals surface area (Å²) in [5, 5.41) is 8.40. The first-order valence-electron chi connectivity index (χ1n) is 8.53. The molecule has 1 aliphatic rings. The summed E-state index contributed by atoms with van der Waals surface area (Å²) in [6.45, 7) is 1.82. The summed E-state index contributed by atoms with van der Waals surface area (Å²) < 4.78 is 12.1.